The summed E-state index contributed by atoms with van der Waals surface area (Å²) in [7, 11) is 1.96. The molecule has 0 aliphatic heterocycles. The number of aromatic nitrogens is 4. The van der Waals surface area contributed by atoms with Crippen LogP contribution in [0.2, 0.25) is 0 Å². The molecule has 22 heavy (non-hydrogen) atoms. The highest BCUT2D eigenvalue weighted by Gasteiger charge is 2.17. The first kappa shape index (κ1) is 16.1. The molecule has 0 spiro atoms. The van der Waals surface area contributed by atoms with Gasteiger partial charge in [0.1, 0.15) is 0 Å². The van der Waals surface area contributed by atoms with E-state index in [4.69, 9.17) is 5.11 Å². The molecule has 0 fully saturated rings. The molecule has 0 bridgehead atoms. The lowest BCUT2D eigenvalue weighted by Crippen LogP contribution is -2.18. The van der Waals surface area contributed by atoms with Gasteiger partial charge in [-0.3, -0.25) is 15.0 Å². The molecule has 0 saturated carbocycles. The number of hydrogen-bond acceptors (Lipinski definition) is 5. The molecule has 0 aromatic carbocycles. The molecule has 0 amide bonds. The fraction of sp³-hybridized carbons (Fsp3) is 0.467. The van der Waals surface area contributed by atoms with E-state index >= 15 is 0 Å². The molecule has 0 aliphatic rings. The van der Waals surface area contributed by atoms with Crippen LogP contribution in [0.1, 0.15) is 48.3 Å². The zero-order valence-electron chi connectivity index (χ0n) is 13.3. The average molecular weight is 303 g/mol. The Morgan fingerprint density at radius 1 is 1.27 bits per heavy atom. The van der Waals surface area contributed by atoms with E-state index < -0.39 is 5.97 Å². The van der Waals surface area contributed by atoms with Crippen molar-refractivity contribution in [1.29, 1.82) is 0 Å². The van der Waals surface area contributed by atoms with Gasteiger partial charge in [0.05, 0.1) is 23.8 Å². The number of carbonyl (C=O) groups is 1. The second kappa shape index (κ2) is 6.23. The highest BCUT2D eigenvalue weighted by Crippen LogP contribution is 2.20. The Morgan fingerprint density at radius 2 is 2.00 bits per heavy atom. The van der Waals surface area contributed by atoms with Gasteiger partial charge >= 0.3 is 5.97 Å². The number of aromatic amines is 1. The van der Waals surface area contributed by atoms with E-state index in [1.165, 1.54) is 12.4 Å². The first-order valence-corrected chi connectivity index (χ1v) is 7.03. The average Bonchev–Trinajstić information content (AvgIpc) is 2.87. The molecule has 2 N–H and O–H groups in total. The van der Waals surface area contributed by atoms with Gasteiger partial charge in [0.15, 0.2) is 5.69 Å². The van der Waals surface area contributed by atoms with Gasteiger partial charge < -0.3 is 5.11 Å². The standard InChI is InChI=1S/C15H21N5O2/c1-15(2,3)13-5-10(18-19-13)8-20(4)9-11-6-17-12(7-16-11)14(21)22/h5-7H,8-9H2,1-4H3,(H,18,19)(H,21,22). The first-order valence-electron chi connectivity index (χ1n) is 7.03. The van der Waals surface area contributed by atoms with Gasteiger partial charge in [-0.25, -0.2) is 9.78 Å². The van der Waals surface area contributed by atoms with Crippen LogP contribution in [0, 0.1) is 0 Å². The molecule has 2 heterocycles. The molecule has 2 rings (SSSR count). The molecular weight excluding hydrogens is 282 g/mol. The fourth-order valence-corrected chi connectivity index (χ4v) is 2.00. The van der Waals surface area contributed by atoms with E-state index in [1.807, 2.05) is 7.05 Å². The number of nitrogens with zero attached hydrogens (tertiary/aromatic N) is 4. The van der Waals surface area contributed by atoms with Crippen molar-refractivity contribution in [3.63, 3.8) is 0 Å². The number of carboxylic acid groups (broad SMARTS) is 1. The number of carboxylic acids is 1. The molecule has 2 aromatic rings. The largest absolute Gasteiger partial charge is 0.476 e. The lowest BCUT2D eigenvalue weighted by Gasteiger charge is -2.15. The summed E-state index contributed by atoms with van der Waals surface area (Å²) in [5, 5.41) is 16.2. The highest BCUT2D eigenvalue weighted by molar-refractivity contribution is 5.84. The van der Waals surface area contributed by atoms with Crippen molar-refractivity contribution in [3.8, 4) is 0 Å². The second-order valence-electron chi connectivity index (χ2n) is 6.40. The van der Waals surface area contributed by atoms with Crippen LogP contribution in [0.25, 0.3) is 0 Å². The SMILES string of the molecule is CN(Cc1cnc(C(=O)O)cn1)Cc1cc(C(C)(C)C)n[nH]1. The molecular formula is C15H21N5O2. The van der Waals surface area contributed by atoms with Gasteiger partial charge in [-0.05, 0) is 13.1 Å². The summed E-state index contributed by atoms with van der Waals surface area (Å²) in [6.45, 7) is 7.64. The fourth-order valence-electron chi connectivity index (χ4n) is 2.00. The Balaban J connectivity index is 1.96. The van der Waals surface area contributed by atoms with Crippen molar-refractivity contribution in [2.45, 2.75) is 39.3 Å². The van der Waals surface area contributed by atoms with E-state index in [-0.39, 0.29) is 11.1 Å². The zero-order valence-corrected chi connectivity index (χ0v) is 13.3. The van der Waals surface area contributed by atoms with Crippen molar-refractivity contribution < 1.29 is 9.90 Å². The maximum atomic E-state index is 10.7. The lowest BCUT2D eigenvalue weighted by atomic mass is 9.92. The molecule has 118 valence electrons. The Bertz CT molecular complexity index is 643. The Kier molecular flexibility index (Phi) is 4.56. The van der Waals surface area contributed by atoms with Crippen molar-refractivity contribution in [2.24, 2.45) is 0 Å². The monoisotopic (exact) mass is 303 g/mol. The number of H-pyrrole nitrogens is 1. The van der Waals surface area contributed by atoms with Crippen LogP contribution in [0.5, 0.6) is 0 Å². The van der Waals surface area contributed by atoms with Gasteiger partial charge in [-0.2, -0.15) is 5.10 Å². The Hall–Kier alpha value is -2.28. The molecule has 7 nitrogen and oxygen atoms in total. The van der Waals surface area contributed by atoms with Crippen molar-refractivity contribution in [1.82, 2.24) is 25.1 Å². The van der Waals surface area contributed by atoms with Crippen molar-refractivity contribution in [2.75, 3.05) is 7.05 Å². The van der Waals surface area contributed by atoms with Gasteiger partial charge in [-0.15, -0.1) is 0 Å². The summed E-state index contributed by atoms with van der Waals surface area (Å²) in [6.07, 6.45) is 2.77. The lowest BCUT2D eigenvalue weighted by molar-refractivity contribution is 0.0690. The molecule has 7 heteroatoms. The molecule has 0 aliphatic carbocycles. The van der Waals surface area contributed by atoms with Crippen LogP contribution >= 0.6 is 0 Å². The minimum Gasteiger partial charge on any atom is -0.476 e. The van der Waals surface area contributed by atoms with E-state index in [2.05, 4.69) is 51.9 Å². The van der Waals surface area contributed by atoms with E-state index in [0.29, 0.717) is 13.1 Å². The Morgan fingerprint density at radius 3 is 2.50 bits per heavy atom. The summed E-state index contributed by atoms with van der Waals surface area (Å²) < 4.78 is 0. The normalized spacial score (nSPS) is 11.9. The topological polar surface area (TPSA) is 95.0 Å². The predicted octanol–water partition coefficient (Wildman–Crippen LogP) is 1.83. The van der Waals surface area contributed by atoms with Gasteiger partial charge in [0, 0.05) is 24.2 Å². The third-order valence-corrected chi connectivity index (χ3v) is 3.20. The van der Waals surface area contributed by atoms with Crippen LogP contribution < -0.4 is 0 Å². The zero-order chi connectivity index (χ0) is 16.3. The smallest absolute Gasteiger partial charge is 0.356 e. The second-order valence-corrected chi connectivity index (χ2v) is 6.40. The maximum Gasteiger partial charge on any atom is 0.356 e. The summed E-state index contributed by atoms with van der Waals surface area (Å²) in [5.41, 5.74) is 2.76. The van der Waals surface area contributed by atoms with E-state index in [0.717, 1.165) is 17.1 Å². The van der Waals surface area contributed by atoms with Gasteiger partial charge in [0.2, 0.25) is 0 Å². The van der Waals surface area contributed by atoms with Crippen molar-refractivity contribution >= 4 is 5.97 Å². The van der Waals surface area contributed by atoms with Crippen LogP contribution in [-0.4, -0.2) is 43.2 Å². The summed E-state index contributed by atoms with van der Waals surface area (Å²) >= 11 is 0. The van der Waals surface area contributed by atoms with E-state index in [9.17, 15) is 4.79 Å². The molecule has 0 saturated heterocycles. The minimum atomic E-state index is -1.07. The summed E-state index contributed by atoms with van der Waals surface area (Å²) in [6, 6.07) is 2.07. The van der Waals surface area contributed by atoms with Crippen LogP contribution in [0.4, 0.5) is 0 Å². The highest BCUT2D eigenvalue weighted by atomic mass is 16.4. The third-order valence-electron chi connectivity index (χ3n) is 3.20. The van der Waals surface area contributed by atoms with Gasteiger partial charge in [-0.1, -0.05) is 20.8 Å². The number of aromatic carboxylic acids is 1. The maximum absolute atomic E-state index is 10.7. The number of rotatable bonds is 5. The Labute approximate surface area is 129 Å². The quantitative estimate of drug-likeness (QED) is 0.875. The summed E-state index contributed by atoms with van der Waals surface area (Å²) in [5.74, 6) is -1.07. The van der Waals surface area contributed by atoms with Crippen LogP contribution in [0.3, 0.4) is 0 Å². The predicted molar refractivity (Wildman–Crippen MR) is 81.5 cm³/mol. The van der Waals surface area contributed by atoms with Crippen molar-refractivity contribution in [3.05, 3.63) is 41.2 Å². The van der Waals surface area contributed by atoms with Gasteiger partial charge in [0.25, 0.3) is 0 Å². The first-order chi connectivity index (χ1) is 10.3. The molecule has 0 atom stereocenters. The van der Waals surface area contributed by atoms with E-state index in [1.54, 1.807) is 0 Å². The third kappa shape index (κ3) is 4.11. The number of hydrogen-bond donors (Lipinski definition) is 2. The number of nitrogens with one attached hydrogen (secondary N) is 1. The summed E-state index contributed by atoms with van der Waals surface area (Å²) in [4.78, 5) is 20.8. The molecule has 0 unspecified atom stereocenters. The molecule has 0 radical (unpaired) electrons. The van der Waals surface area contributed by atoms with Crippen LogP contribution in [-0.2, 0) is 18.5 Å². The molecule has 2 aromatic heterocycles. The minimum absolute atomic E-state index is 0.0193. The van der Waals surface area contributed by atoms with Crippen LogP contribution in [0.15, 0.2) is 18.5 Å².